The molecule has 0 spiro atoms. The average Bonchev–Trinajstić information content (AvgIpc) is 2.55. The lowest BCUT2D eigenvalue weighted by molar-refractivity contribution is 0.0950. The highest BCUT2D eigenvalue weighted by molar-refractivity contribution is 5.94. The van der Waals surface area contributed by atoms with E-state index in [0.29, 0.717) is 12.1 Å². The van der Waals surface area contributed by atoms with Gasteiger partial charge in [0.15, 0.2) is 0 Å². The summed E-state index contributed by atoms with van der Waals surface area (Å²) in [5.41, 5.74) is 2.14. The van der Waals surface area contributed by atoms with E-state index >= 15 is 0 Å². The van der Waals surface area contributed by atoms with Gasteiger partial charge in [-0.05, 0) is 32.3 Å². The molecular formula is C17H22N4O2. The van der Waals surface area contributed by atoms with Crippen LogP contribution in [-0.2, 0) is 0 Å². The van der Waals surface area contributed by atoms with Gasteiger partial charge < -0.3 is 20.3 Å². The molecule has 6 nitrogen and oxygen atoms in total. The summed E-state index contributed by atoms with van der Waals surface area (Å²) in [7, 11) is 5.55. The van der Waals surface area contributed by atoms with Crippen LogP contribution in [0, 0.1) is 0 Å². The van der Waals surface area contributed by atoms with Crippen molar-refractivity contribution in [2.45, 2.75) is 0 Å². The van der Waals surface area contributed by atoms with Gasteiger partial charge in [-0.15, -0.1) is 0 Å². The first-order valence-electron chi connectivity index (χ1n) is 7.37. The number of aromatic nitrogens is 1. The zero-order chi connectivity index (χ0) is 16.7. The standard InChI is InChI=1S/C17H22N4O2/c1-21(2)8-7-19-17(22)13-9-15(12-18-11-13)20-14-5-4-6-16(10-14)23-3/h4-6,9-12,20H,7-8H2,1-3H3,(H,19,22). The highest BCUT2D eigenvalue weighted by atomic mass is 16.5. The van der Waals surface area contributed by atoms with E-state index in [2.05, 4.69) is 15.6 Å². The number of ether oxygens (including phenoxy) is 1. The van der Waals surface area contributed by atoms with E-state index in [4.69, 9.17) is 4.74 Å². The van der Waals surface area contributed by atoms with Crippen molar-refractivity contribution in [3.05, 3.63) is 48.3 Å². The SMILES string of the molecule is COc1cccc(Nc2cncc(C(=O)NCCN(C)C)c2)c1. The van der Waals surface area contributed by atoms with Crippen LogP contribution in [0.3, 0.4) is 0 Å². The van der Waals surface area contributed by atoms with E-state index in [-0.39, 0.29) is 5.91 Å². The molecule has 1 aromatic carbocycles. The number of carbonyl (C=O) groups excluding carboxylic acids is 1. The largest absolute Gasteiger partial charge is 0.497 e. The van der Waals surface area contributed by atoms with E-state index in [1.807, 2.05) is 43.3 Å². The van der Waals surface area contributed by atoms with Crippen molar-refractivity contribution in [1.29, 1.82) is 0 Å². The minimum atomic E-state index is -0.131. The Balaban J connectivity index is 2.02. The van der Waals surface area contributed by atoms with Crippen molar-refractivity contribution in [2.75, 3.05) is 39.6 Å². The number of hydrogen-bond acceptors (Lipinski definition) is 5. The number of likely N-dealkylation sites (N-methyl/N-ethyl adjacent to an activating group) is 1. The molecule has 0 aliphatic carbocycles. The number of amides is 1. The van der Waals surface area contributed by atoms with Gasteiger partial charge in [0.2, 0.25) is 0 Å². The number of rotatable bonds is 7. The van der Waals surface area contributed by atoms with Gasteiger partial charge in [-0.2, -0.15) is 0 Å². The van der Waals surface area contributed by atoms with E-state index in [1.54, 1.807) is 25.6 Å². The summed E-state index contributed by atoms with van der Waals surface area (Å²) in [5, 5.41) is 6.09. The maximum Gasteiger partial charge on any atom is 0.252 e. The smallest absolute Gasteiger partial charge is 0.252 e. The number of nitrogens with zero attached hydrogens (tertiary/aromatic N) is 2. The number of nitrogens with one attached hydrogen (secondary N) is 2. The third-order valence-corrected chi connectivity index (χ3v) is 3.20. The summed E-state index contributed by atoms with van der Waals surface area (Å²) in [6, 6.07) is 9.35. The van der Waals surface area contributed by atoms with Gasteiger partial charge in [-0.25, -0.2) is 0 Å². The maximum absolute atomic E-state index is 12.1. The fourth-order valence-electron chi connectivity index (χ4n) is 2.00. The first-order chi connectivity index (χ1) is 11.1. The number of carbonyl (C=O) groups is 1. The predicted molar refractivity (Wildman–Crippen MR) is 91.4 cm³/mol. The van der Waals surface area contributed by atoms with Crippen LogP contribution >= 0.6 is 0 Å². The summed E-state index contributed by atoms with van der Waals surface area (Å²) >= 11 is 0. The Morgan fingerprint density at radius 2 is 2.04 bits per heavy atom. The molecule has 2 rings (SSSR count). The molecule has 122 valence electrons. The number of anilines is 2. The second-order valence-electron chi connectivity index (χ2n) is 5.38. The molecule has 1 aromatic heterocycles. The highest BCUT2D eigenvalue weighted by Crippen LogP contribution is 2.21. The average molecular weight is 314 g/mol. The lowest BCUT2D eigenvalue weighted by atomic mass is 10.2. The molecule has 2 aromatic rings. The molecular weight excluding hydrogens is 292 g/mol. The Hall–Kier alpha value is -2.60. The second-order valence-corrected chi connectivity index (χ2v) is 5.38. The zero-order valence-corrected chi connectivity index (χ0v) is 13.7. The molecule has 0 fully saturated rings. The number of methoxy groups -OCH3 is 1. The van der Waals surface area contributed by atoms with Crippen molar-refractivity contribution in [3.63, 3.8) is 0 Å². The minimum Gasteiger partial charge on any atom is -0.497 e. The van der Waals surface area contributed by atoms with E-state index in [0.717, 1.165) is 23.7 Å². The minimum absolute atomic E-state index is 0.131. The Morgan fingerprint density at radius 1 is 1.22 bits per heavy atom. The summed E-state index contributed by atoms with van der Waals surface area (Å²) in [4.78, 5) is 18.2. The molecule has 0 saturated carbocycles. The van der Waals surface area contributed by atoms with Gasteiger partial charge in [-0.1, -0.05) is 6.07 Å². The van der Waals surface area contributed by atoms with Gasteiger partial charge in [0.25, 0.3) is 5.91 Å². The summed E-state index contributed by atoms with van der Waals surface area (Å²) in [6.45, 7) is 1.39. The third-order valence-electron chi connectivity index (χ3n) is 3.20. The van der Waals surface area contributed by atoms with Crippen molar-refractivity contribution in [3.8, 4) is 5.75 Å². The van der Waals surface area contributed by atoms with Crippen molar-refractivity contribution >= 4 is 17.3 Å². The topological polar surface area (TPSA) is 66.5 Å². The van der Waals surface area contributed by atoms with Crippen LogP contribution in [0.25, 0.3) is 0 Å². The number of pyridine rings is 1. The normalized spacial score (nSPS) is 10.4. The lowest BCUT2D eigenvalue weighted by Crippen LogP contribution is -2.31. The quantitative estimate of drug-likeness (QED) is 0.819. The van der Waals surface area contributed by atoms with Crippen LogP contribution in [0.1, 0.15) is 10.4 Å². The Kier molecular flexibility index (Phi) is 5.94. The van der Waals surface area contributed by atoms with Crippen molar-refractivity contribution in [2.24, 2.45) is 0 Å². The summed E-state index contributed by atoms with van der Waals surface area (Å²) < 4.78 is 5.19. The number of benzene rings is 1. The molecule has 0 unspecified atom stereocenters. The molecule has 1 amide bonds. The fraction of sp³-hybridized carbons (Fsp3) is 0.294. The fourth-order valence-corrected chi connectivity index (χ4v) is 2.00. The molecule has 0 atom stereocenters. The van der Waals surface area contributed by atoms with E-state index in [1.165, 1.54) is 0 Å². The first kappa shape index (κ1) is 16.8. The van der Waals surface area contributed by atoms with E-state index < -0.39 is 0 Å². The molecule has 0 aliphatic heterocycles. The maximum atomic E-state index is 12.1. The van der Waals surface area contributed by atoms with Crippen LogP contribution < -0.4 is 15.4 Å². The van der Waals surface area contributed by atoms with E-state index in [9.17, 15) is 4.79 Å². The van der Waals surface area contributed by atoms with Crippen molar-refractivity contribution in [1.82, 2.24) is 15.2 Å². The molecule has 0 radical (unpaired) electrons. The third kappa shape index (κ3) is 5.27. The lowest BCUT2D eigenvalue weighted by Gasteiger charge is -2.11. The summed E-state index contributed by atoms with van der Waals surface area (Å²) in [5.74, 6) is 0.634. The van der Waals surface area contributed by atoms with Crippen LogP contribution in [0.2, 0.25) is 0 Å². The predicted octanol–water partition coefficient (Wildman–Crippen LogP) is 2.13. The molecule has 0 bridgehead atoms. The first-order valence-corrected chi connectivity index (χ1v) is 7.37. The summed E-state index contributed by atoms with van der Waals surface area (Å²) in [6.07, 6.45) is 3.23. The van der Waals surface area contributed by atoms with Crippen LogP contribution in [-0.4, -0.2) is 50.1 Å². The molecule has 6 heteroatoms. The molecule has 2 N–H and O–H groups in total. The zero-order valence-electron chi connectivity index (χ0n) is 13.7. The van der Waals surface area contributed by atoms with Crippen LogP contribution in [0.4, 0.5) is 11.4 Å². The Bertz CT molecular complexity index is 659. The number of hydrogen-bond donors (Lipinski definition) is 2. The van der Waals surface area contributed by atoms with Gasteiger partial charge >= 0.3 is 0 Å². The van der Waals surface area contributed by atoms with Gasteiger partial charge in [0, 0.05) is 31.0 Å². The Morgan fingerprint density at radius 3 is 2.78 bits per heavy atom. The highest BCUT2D eigenvalue weighted by Gasteiger charge is 2.07. The van der Waals surface area contributed by atoms with Crippen molar-refractivity contribution < 1.29 is 9.53 Å². The van der Waals surface area contributed by atoms with Gasteiger partial charge in [0.05, 0.1) is 24.6 Å². The second kappa shape index (κ2) is 8.14. The van der Waals surface area contributed by atoms with Crippen LogP contribution in [0.15, 0.2) is 42.7 Å². The molecule has 23 heavy (non-hydrogen) atoms. The Labute approximate surface area is 136 Å². The molecule has 1 heterocycles. The monoisotopic (exact) mass is 314 g/mol. The van der Waals surface area contributed by atoms with Crippen LogP contribution in [0.5, 0.6) is 5.75 Å². The van der Waals surface area contributed by atoms with Gasteiger partial charge in [-0.3, -0.25) is 9.78 Å². The molecule has 0 aliphatic rings. The molecule has 0 saturated heterocycles. The van der Waals surface area contributed by atoms with Gasteiger partial charge in [0.1, 0.15) is 5.75 Å².